The SMILES string of the molecule is COc1cc2nccc(Oc3ccc(NC(=S)NC4CC4)c(Cl)c3)c2cc1C(C)(C)O. The van der Waals surface area contributed by atoms with Crippen LogP contribution in [0.25, 0.3) is 10.9 Å². The summed E-state index contributed by atoms with van der Waals surface area (Å²) < 4.78 is 11.6. The monoisotopic (exact) mass is 457 g/mol. The fourth-order valence-electron chi connectivity index (χ4n) is 3.24. The van der Waals surface area contributed by atoms with Gasteiger partial charge in [0.1, 0.15) is 17.2 Å². The highest BCUT2D eigenvalue weighted by atomic mass is 35.5. The number of halogens is 1. The van der Waals surface area contributed by atoms with E-state index in [1.165, 1.54) is 0 Å². The second-order valence-electron chi connectivity index (χ2n) is 8.05. The highest BCUT2D eigenvalue weighted by Gasteiger charge is 2.23. The van der Waals surface area contributed by atoms with Gasteiger partial charge < -0.3 is 25.2 Å². The summed E-state index contributed by atoms with van der Waals surface area (Å²) >= 11 is 11.8. The standard InChI is InChI=1S/C23H24ClN3O3S/c1-23(2,28)16-11-15-19(12-21(16)29-3)25-9-8-20(15)30-14-6-7-18(17(24)10-14)27-22(31)26-13-4-5-13/h6-13,28H,4-5H2,1-3H3,(H2,26,27,31). The van der Waals surface area contributed by atoms with E-state index in [2.05, 4.69) is 15.6 Å². The van der Waals surface area contributed by atoms with E-state index in [4.69, 9.17) is 33.3 Å². The molecule has 31 heavy (non-hydrogen) atoms. The average Bonchev–Trinajstić information content (AvgIpc) is 3.52. The summed E-state index contributed by atoms with van der Waals surface area (Å²) in [5.41, 5.74) is 0.967. The Morgan fingerprint density at radius 1 is 1.19 bits per heavy atom. The summed E-state index contributed by atoms with van der Waals surface area (Å²) in [6.45, 7) is 3.42. The van der Waals surface area contributed by atoms with Crippen molar-refractivity contribution >= 4 is 45.5 Å². The lowest BCUT2D eigenvalue weighted by molar-refractivity contribution is 0.0758. The van der Waals surface area contributed by atoms with Crippen molar-refractivity contribution in [3.63, 3.8) is 0 Å². The number of ether oxygens (including phenoxy) is 2. The van der Waals surface area contributed by atoms with E-state index in [-0.39, 0.29) is 0 Å². The van der Waals surface area contributed by atoms with E-state index in [1.54, 1.807) is 45.4 Å². The van der Waals surface area contributed by atoms with Crippen LogP contribution >= 0.6 is 23.8 Å². The molecule has 0 radical (unpaired) electrons. The third kappa shape index (κ3) is 5.01. The number of aromatic nitrogens is 1. The number of hydrogen-bond donors (Lipinski definition) is 3. The van der Waals surface area contributed by atoms with Crippen LogP contribution in [0.4, 0.5) is 5.69 Å². The molecule has 1 aromatic heterocycles. The summed E-state index contributed by atoms with van der Waals surface area (Å²) in [7, 11) is 1.57. The zero-order valence-corrected chi connectivity index (χ0v) is 19.1. The summed E-state index contributed by atoms with van der Waals surface area (Å²) in [6.07, 6.45) is 3.95. The van der Waals surface area contributed by atoms with Crippen LogP contribution in [-0.2, 0) is 5.60 Å². The summed E-state index contributed by atoms with van der Waals surface area (Å²) in [5.74, 6) is 1.74. The molecular formula is C23H24ClN3O3S. The summed E-state index contributed by atoms with van der Waals surface area (Å²) in [5, 5.41) is 18.7. The van der Waals surface area contributed by atoms with Gasteiger partial charge in [0.15, 0.2) is 5.11 Å². The van der Waals surface area contributed by atoms with Gasteiger partial charge in [0.05, 0.1) is 28.9 Å². The Bertz CT molecular complexity index is 1140. The Morgan fingerprint density at radius 3 is 2.61 bits per heavy atom. The van der Waals surface area contributed by atoms with Crippen LogP contribution in [0, 0.1) is 0 Å². The maximum atomic E-state index is 10.6. The van der Waals surface area contributed by atoms with Crippen molar-refractivity contribution in [1.29, 1.82) is 0 Å². The molecule has 0 bridgehead atoms. The first-order valence-electron chi connectivity index (χ1n) is 9.99. The first-order chi connectivity index (χ1) is 14.7. The van der Waals surface area contributed by atoms with Gasteiger partial charge in [-0.05, 0) is 63.2 Å². The maximum absolute atomic E-state index is 10.6. The Morgan fingerprint density at radius 2 is 1.97 bits per heavy atom. The highest BCUT2D eigenvalue weighted by Crippen LogP contribution is 2.38. The van der Waals surface area contributed by atoms with E-state index in [9.17, 15) is 5.11 Å². The smallest absolute Gasteiger partial charge is 0.171 e. The van der Waals surface area contributed by atoms with Gasteiger partial charge in [-0.15, -0.1) is 0 Å². The van der Waals surface area contributed by atoms with Gasteiger partial charge in [-0.25, -0.2) is 0 Å². The van der Waals surface area contributed by atoms with Gasteiger partial charge in [0, 0.05) is 35.3 Å². The van der Waals surface area contributed by atoms with Gasteiger partial charge >= 0.3 is 0 Å². The van der Waals surface area contributed by atoms with Gasteiger partial charge in [0.25, 0.3) is 0 Å². The number of aliphatic hydroxyl groups is 1. The summed E-state index contributed by atoms with van der Waals surface area (Å²) in [4.78, 5) is 4.41. The maximum Gasteiger partial charge on any atom is 0.171 e. The molecule has 0 spiro atoms. The molecule has 162 valence electrons. The topological polar surface area (TPSA) is 75.6 Å². The van der Waals surface area contributed by atoms with Gasteiger partial charge in [-0.1, -0.05) is 11.6 Å². The number of hydrogen-bond acceptors (Lipinski definition) is 5. The summed E-state index contributed by atoms with van der Waals surface area (Å²) in [6, 6.07) is 11.3. The number of rotatable bonds is 6. The lowest BCUT2D eigenvalue weighted by atomic mass is 9.95. The van der Waals surface area contributed by atoms with Crippen molar-refractivity contribution in [2.45, 2.75) is 38.3 Å². The van der Waals surface area contributed by atoms with Crippen LogP contribution in [0.3, 0.4) is 0 Å². The van der Waals surface area contributed by atoms with Crippen molar-refractivity contribution in [2.24, 2.45) is 0 Å². The number of anilines is 1. The zero-order valence-electron chi connectivity index (χ0n) is 17.5. The van der Waals surface area contributed by atoms with E-state index in [0.717, 1.165) is 18.2 Å². The van der Waals surface area contributed by atoms with Crippen LogP contribution in [-0.4, -0.2) is 28.4 Å². The van der Waals surface area contributed by atoms with Gasteiger partial charge in [0.2, 0.25) is 0 Å². The number of thiocarbonyl (C=S) groups is 1. The molecule has 0 saturated heterocycles. The number of nitrogens with one attached hydrogen (secondary N) is 2. The number of pyridine rings is 1. The van der Waals surface area contributed by atoms with Crippen molar-refractivity contribution in [3.05, 3.63) is 53.2 Å². The van der Waals surface area contributed by atoms with Crippen LogP contribution in [0.2, 0.25) is 5.02 Å². The normalized spacial score (nSPS) is 13.7. The molecule has 1 saturated carbocycles. The molecule has 1 aliphatic carbocycles. The Labute approximate surface area is 191 Å². The van der Waals surface area contributed by atoms with Crippen LogP contribution in [0.5, 0.6) is 17.2 Å². The fourth-order valence-corrected chi connectivity index (χ4v) is 3.74. The van der Waals surface area contributed by atoms with Crippen molar-refractivity contribution in [2.75, 3.05) is 12.4 Å². The highest BCUT2D eigenvalue weighted by molar-refractivity contribution is 7.80. The lowest BCUT2D eigenvalue weighted by Gasteiger charge is -2.22. The molecule has 0 atom stereocenters. The molecule has 8 heteroatoms. The molecule has 6 nitrogen and oxygen atoms in total. The molecule has 0 amide bonds. The molecule has 3 N–H and O–H groups in total. The van der Waals surface area contributed by atoms with Crippen molar-refractivity contribution < 1.29 is 14.6 Å². The largest absolute Gasteiger partial charge is 0.496 e. The predicted molar refractivity (Wildman–Crippen MR) is 127 cm³/mol. The Hall–Kier alpha value is -2.61. The molecule has 4 rings (SSSR count). The minimum Gasteiger partial charge on any atom is -0.496 e. The Balaban J connectivity index is 1.62. The third-order valence-electron chi connectivity index (χ3n) is 5.01. The second-order valence-corrected chi connectivity index (χ2v) is 8.87. The number of fused-ring (bicyclic) bond motifs is 1. The van der Waals surface area contributed by atoms with Crippen molar-refractivity contribution in [3.8, 4) is 17.2 Å². The van der Waals surface area contributed by atoms with Gasteiger partial charge in [-0.2, -0.15) is 0 Å². The van der Waals surface area contributed by atoms with E-state index in [1.807, 2.05) is 18.2 Å². The molecular weight excluding hydrogens is 434 g/mol. The second kappa shape index (κ2) is 8.49. The first-order valence-corrected chi connectivity index (χ1v) is 10.8. The van der Waals surface area contributed by atoms with Crippen LogP contribution in [0.15, 0.2) is 42.6 Å². The number of benzene rings is 2. The Kier molecular flexibility index (Phi) is 5.92. The van der Waals surface area contributed by atoms with Crippen LogP contribution < -0.4 is 20.1 Å². The van der Waals surface area contributed by atoms with E-state index < -0.39 is 5.60 Å². The molecule has 3 aromatic rings. The minimum atomic E-state index is -1.09. The van der Waals surface area contributed by atoms with E-state index in [0.29, 0.717) is 50.2 Å². The quantitative estimate of drug-likeness (QED) is 0.430. The first kappa shape index (κ1) is 21.6. The molecule has 1 heterocycles. The third-order valence-corrected chi connectivity index (χ3v) is 5.54. The molecule has 2 aromatic carbocycles. The average molecular weight is 458 g/mol. The lowest BCUT2D eigenvalue weighted by Crippen LogP contribution is -2.30. The molecule has 1 aliphatic rings. The van der Waals surface area contributed by atoms with Gasteiger partial charge in [-0.3, -0.25) is 4.98 Å². The predicted octanol–water partition coefficient (Wildman–Crippen LogP) is 5.37. The molecule has 0 aliphatic heterocycles. The van der Waals surface area contributed by atoms with E-state index >= 15 is 0 Å². The van der Waals surface area contributed by atoms with Crippen molar-refractivity contribution in [1.82, 2.24) is 10.3 Å². The zero-order chi connectivity index (χ0) is 22.2. The van der Waals surface area contributed by atoms with Crippen LogP contribution in [0.1, 0.15) is 32.3 Å². The fraction of sp³-hybridized carbons (Fsp3) is 0.304. The number of methoxy groups -OCH3 is 1. The molecule has 0 unspecified atom stereocenters. The molecule has 1 fully saturated rings. The minimum absolute atomic E-state index is 0.466. The number of nitrogens with zero attached hydrogens (tertiary/aromatic N) is 1.